The lowest BCUT2D eigenvalue weighted by molar-refractivity contribution is -0.192. The van der Waals surface area contributed by atoms with Gasteiger partial charge in [-0.3, -0.25) is 14.4 Å². The Hall–Kier alpha value is -4.63. The minimum Gasteiger partial charge on any atom is -0.617 e. The van der Waals surface area contributed by atoms with Gasteiger partial charge >= 0.3 is 18.1 Å². The topological polar surface area (TPSA) is 181 Å². The molecular formula is C31H35F3N4O7S. The molecule has 2 amide bonds. The van der Waals surface area contributed by atoms with Crippen molar-refractivity contribution in [2.45, 2.75) is 43.9 Å². The van der Waals surface area contributed by atoms with Gasteiger partial charge < -0.3 is 30.7 Å². The summed E-state index contributed by atoms with van der Waals surface area (Å²) in [5.74, 6) is -3.73. The summed E-state index contributed by atoms with van der Waals surface area (Å²) in [6.45, 7) is 0.528. The van der Waals surface area contributed by atoms with Crippen molar-refractivity contribution >= 4 is 40.7 Å². The number of aromatic nitrogens is 1. The van der Waals surface area contributed by atoms with Gasteiger partial charge in [0.2, 0.25) is 11.8 Å². The predicted octanol–water partition coefficient (Wildman–Crippen LogP) is 4.16. The zero-order valence-corrected chi connectivity index (χ0v) is 25.6. The SMILES string of the molecule is C[S+]([O-])CC[C@H](NC(=O)CCCNc1ccccn1)C(=O)NC(CC(=O)O)c1ccc(-c2ccccc2)cc1.O=C(O)C(F)(F)F. The van der Waals surface area contributed by atoms with Crippen LogP contribution >= 0.6 is 0 Å². The number of carbonyl (C=O) groups excluding carboxylic acids is 2. The minimum atomic E-state index is -5.08. The fourth-order valence-corrected chi connectivity index (χ4v) is 4.56. The Labute approximate surface area is 266 Å². The molecule has 11 nitrogen and oxygen atoms in total. The first-order valence-electron chi connectivity index (χ1n) is 14.0. The first-order chi connectivity index (χ1) is 21.8. The number of pyridine rings is 1. The minimum absolute atomic E-state index is 0.166. The second-order valence-corrected chi connectivity index (χ2v) is 11.4. The molecule has 2 aromatic carbocycles. The molecule has 1 heterocycles. The number of carboxylic acid groups (broad SMARTS) is 2. The number of rotatable bonds is 15. The number of carbonyl (C=O) groups is 4. The van der Waals surface area contributed by atoms with Gasteiger partial charge in [-0.25, -0.2) is 9.78 Å². The highest BCUT2D eigenvalue weighted by atomic mass is 32.2. The Kier molecular flexibility index (Phi) is 15.5. The summed E-state index contributed by atoms with van der Waals surface area (Å²) in [6.07, 6.45) is -1.34. The highest BCUT2D eigenvalue weighted by molar-refractivity contribution is 7.90. The van der Waals surface area contributed by atoms with Crippen molar-refractivity contribution in [3.05, 3.63) is 84.6 Å². The van der Waals surface area contributed by atoms with Crippen LogP contribution < -0.4 is 16.0 Å². The molecule has 3 aromatic rings. The molecular weight excluding hydrogens is 629 g/mol. The fourth-order valence-electron chi connectivity index (χ4n) is 3.99. The second kappa shape index (κ2) is 19.0. The third-order valence-corrected chi connectivity index (χ3v) is 7.07. The van der Waals surface area contributed by atoms with Crippen LogP contribution in [0.25, 0.3) is 11.1 Å². The third-order valence-electron chi connectivity index (χ3n) is 6.26. The van der Waals surface area contributed by atoms with Gasteiger partial charge in [0, 0.05) is 25.6 Å². The van der Waals surface area contributed by atoms with Gasteiger partial charge in [0.05, 0.1) is 18.7 Å². The molecule has 2 unspecified atom stereocenters. The van der Waals surface area contributed by atoms with E-state index in [-0.39, 0.29) is 30.9 Å². The van der Waals surface area contributed by atoms with E-state index >= 15 is 0 Å². The van der Waals surface area contributed by atoms with E-state index in [0.717, 1.165) is 11.1 Å². The molecule has 15 heteroatoms. The number of amides is 2. The highest BCUT2D eigenvalue weighted by Gasteiger charge is 2.38. The summed E-state index contributed by atoms with van der Waals surface area (Å²) in [5, 5.41) is 25.3. The number of hydrogen-bond donors (Lipinski definition) is 5. The van der Waals surface area contributed by atoms with Crippen molar-refractivity contribution in [3.8, 4) is 11.1 Å². The number of alkyl halides is 3. The van der Waals surface area contributed by atoms with Gasteiger partial charge in [0.25, 0.3) is 0 Å². The number of aliphatic carboxylic acids is 2. The summed E-state index contributed by atoms with van der Waals surface area (Å²) in [7, 11) is 0. The van der Waals surface area contributed by atoms with E-state index < -0.39 is 47.3 Å². The maximum absolute atomic E-state index is 13.2. The first-order valence-corrected chi connectivity index (χ1v) is 15.7. The van der Waals surface area contributed by atoms with E-state index in [1.807, 2.05) is 60.7 Å². The number of benzene rings is 2. The van der Waals surface area contributed by atoms with Crippen LogP contribution in [0.2, 0.25) is 0 Å². The van der Waals surface area contributed by atoms with E-state index in [4.69, 9.17) is 9.90 Å². The van der Waals surface area contributed by atoms with Gasteiger partial charge in [-0.1, -0.05) is 71.8 Å². The van der Waals surface area contributed by atoms with Crippen LogP contribution in [0.5, 0.6) is 0 Å². The molecule has 0 radical (unpaired) electrons. The van der Waals surface area contributed by atoms with Crippen molar-refractivity contribution in [2.24, 2.45) is 0 Å². The first kappa shape index (κ1) is 37.6. The summed E-state index contributed by atoms with van der Waals surface area (Å²) in [6, 6.07) is 20.9. The molecule has 3 rings (SSSR count). The molecule has 0 bridgehead atoms. The molecule has 0 spiro atoms. The van der Waals surface area contributed by atoms with Gasteiger partial charge in [-0.05, 0) is 35.2 Å². The van der Waals surface area contributed by atoms with Crippen LogP contribution in [0.4, 0.5) is 19.0 Å². The molecule has 0 fully saturated rings. The zero-order chi connectivity index (χ0) is 34.1. The monoisotopic (exact) mass is 664 g/mol. The Bertz CT molecular complexity index is 1400. The van der Waals surface area contributed by atoms with Crippen LogP contribution in [-0.4, -0.2) is 74.3 Å². The largest absolute Gasteiger partial charge is 0.617 e. The second-order valence-electron chi connectivity index (χ2n) is 9.88. The van der Waals surface area contributed by atoms with E-state index in [9.17, 15) is 37.2 Å². The quantitative estimate of drug-likeness (QED) is 0.118. The summed E-state index contributed by atoms with van der Waals surface area (Å²) in [5.41, 5.74) is 2.62. The van der Waals surface area contributed by atoms with E-state index in [2.05, 4.69) is 20.9 Å². The van der Waals surface area contributed by atoms with Gasteiger partial charge in [-0.2, -0.15) is 13.2 Å². The van der Waals surface area contributed by atoms with Crippen molar-refractivity contribution in [1.82, 2.24) is 15.6 Å². The van der Waals surface area contributed by atoms with Gasteiger partial charge in [-0.15, -0.1) is 0 Å². The maximum atomic E-state index is 13.2. The summed E-state index contributed by atoms with van der Waals surface area (Å²) < 4.78 is 43.5. The lowest BCUT2D eigenvalue weighted by Gasteiger charge is -2.23. The van der Waals surface area contributed by atoms with E-state index in [0.29, 0.717) is 24.3 Å². The molecule has 5 N–H and O–H groups in total. The highest BCUT2D eigenvalue weighted by Crippen LogP contribution is 2.24. The van der Waals surface area contributed by atoms with Gasteiger partial charge in [0.15, 0.2) is 0 Å². The Balaban J connectivity index is 0.000000942. The van der Waals surface area contributed by atoms with Gasteiger partial charge in [0.1, 0.15) is 17.6 Å². The Morgan fingerprint density at radius 1 is 0.913 bits per heavy atom. The Morgan fingerprint density at radius 2 is 1.52 bits per heavy atom. The average molecular weight is 665 g/mol. The molecule has 248 valence electrons. The lowest BCUT2D eigenvalue weighted by Crippen LogP contribution is -2.48. The van der Waals surface area contributed by atoms with Crippen LogP contribution in [0.3, 0.4) is 0 Å². The third kappa shape index (κ3) is 14.4. The maximum Gasteiger partial charge on any atom is 0.490 e. The number of anilines is 1. The number of nitrogens with one attached hydrogen (secondary N) is 3. The molecule has 0 saturated heterocycles. The molecule has 0 saturated carbocycles. The molecule has 0 aliphatic carbocycles. The smallest absolute Gasteiger partial charge is 0.490 e. The molecule has 0 aliphatic heterocycles. The van der Waals surface area contributed by atoms with Crippen molar-refractivity contribution in [2.75, 3.05) is 23.9 Å². The molecule has 3 atom stereocenters. The van der Waals surface area contributed by atoms with Crippen LogP contribution in [0.15, 0.2) is 79.0 Å². The standard InChI is InChI=1S/C29H34N4O5S.C2HF3O2/c1-39(38)19-16-24(32-27(34)11-7-18-31-26-10-5-6-17-30-26)29(37)33-25(20-28(35)36)23-14-12-22(13-15-23)21-8-3-2-4-9-21;3-2(4,5)1(6)7/h2-6,8-10,12-15,17,24-25H,7,11,16,18-20H2,1H3,(H,30,31)(H,32,34)(H,33,37)(H,35,36);(H,6,7)/t24-,25?,39?;/m0./s1. The normalized spacial score (nSPS) is 12.8. The van der Waals surface area contributed by atoms with Crippen molar-refractivity contribution in [3.63, 3.8) is 0 Å². The summed E-state index contributed by atoms with van der Waals surface area (Å²) >= 11 is -1.17. The fraction of sp³-hybridized carbons (Fsp3) is 0.323. The molecule has 1 aromatic heterocycles. The predicted molar refractivity (Wildman–Crippen MR) is 166 cm³/mol. The van der Waals surface area contributed by atoms with Crippen molar-refractivity contribution < 1.29 is 47.1 Å². The summed E-state index contributed by atoms with van der Waals surface area (Å²) in [4.78, 5) is 50.5. The zero-order valence-electron chi connectivity index (χ0n) is 24.8. The number of halogens is 3. The molecule has 46 heavy (non-hydrogen) atoms. The van der Waals surface area contributed by atoms with Crippen LogP contribution in [0, 0.1) is 0 Å². The van der Waals surface area contributed by atoms with E-state index in [1.165, 1.54) is 6.26 Å². The number of hydrogen-bond acceptors (Lipinski definition) is 7. The number of carboxylic acids is 2. The van der Waals surface area contributed by atoms with Crippen molar-refractivity contribution in [1.29, 1.82) is 0 Å². The van der Waals surface area contributed by atoms with Crippen LogP contribution in [-0.2, 0) is 30.4 Å². The number of nitrogens with zero attached hydrogens (tertiary/aromatic N) is 1. The molecule has 0 aliphatic rings. The van der Waals surface area contributed by atoms with Crippen LogP contribution in [0.1, 0.15) is 37.3 Å². The Morgan fingerprint density at radius 3 is 2.07 bits per heavy atom. The average Bonchev–Trinajstić information content (AvgIpc) is 3.01. The van der Waals surface area contributed by atoms with E-state index in [1.54, 1.807) is 18.3 Å². The lowest BCUT2D eigenvalue weighted by atomic mass is 9.98.